The van der Waals surface area contributed by atoms with Crippen molar-refractivity contribution < 1.29 is 9.53 Å². The second kappa shape index (κ2) is 11.6. The molecule has 0 saturated heterocycles. The second-order valence-electron chi connectivity index (χ2n) is 7.28. The number of aliphatic imine (C=N–C) groups is 1. The molecule has 1 aliphatic rings. The van der Waals surface area contributed by atoms with Crippen molar-refractivity contribution in [2.24, 2.45) is 10.9 Å². The van der Waals surface area contributed by atoms with Crippen LogP contribution in [0.25, 0.3) is 0 Å². The molecule has 0 aromatic heterocycles. The summed E-state index contributed by atoms with van der Waals surface area (Å²) in [6.45, 7) is 11.0. The third-order valence-corrected chi connectivity index (χ3v) is 4.41. The highest BCUT2D eigenvalue weighted by Crippen LogP contribution is 2.18. The van der Waals surface area contributed by atoms with Gasteiger partial charge in [0.2, 0.25) is 5.91 Å². The highest BCUT2D eigenvalue weighted by atomic mass is 16.5. The van der Waals surface area contributed by atoms with E-state index in [1.165, 1.54) is 11.1 Å². The summed E-state index contributed by atoms with van der Waals surface area (Å²) in [5.41, 5.74) is 2.59. The third kappa shape index (κ3) is 7.59. The maximum absolute atomic E-state index is 12.5. The Labute approximate surface area is 163 Å². The van der Waals surface area contributed by atoms with Gasteiger partial charge in [0.1, 0.15) is 6.54 Å². The van der Waals surface area contributed by atoms with Crippen LogP contribution in [0.3, 0.4) is 0 Å². The topological polar surface area (TPSA) is 66.0 Å². The first-order valence-corrected chi connectivity index (χ1v) is 10.0. The van der Waals surface area contributed by atoms with Crippen molar-refractivity contribution in [2.45, 2.75) is 40.2 Å². The molecule has 6 heteroatoms. The van der Waals surface area contributed by atoms with Crippen LogP contribution in [-0.2, 0) is 22.5 Å². The molecule has 150 valence electrons. The SMILES string of the molecule is CCNC(=NCC(=O)N1CCc2ccccc2C1)NCCCOCC(C)C. The number of benzene rings is 1. The van der Waals surface area contributed by atoms with E-state index >= 15 is 0 Å². The Balaban J connectivity index is 1.75. The van der Waals surface area contributed by atoms with E-state index in [2.05, 4.69) is 47.7 Å². The zero-order chi connectivity index (χ0) is 19.5. The lowest BCUT2D eigenvalue weighted by molar-refractivity contribution is -0.130. The summed E-state index contributed by atoms with van der Waals surface area (Å²) in [5, 5.41) is 6.46. The summed E-state index contributed by atoms with van der Waals surface area (Å²) in [6, 6.07) is 8.34. The van der Waals surface area contributed by atoms with Crippen LogP contribution in [0.15, 0.2) is 29.3 Å². The Morgan fingerprint density at radius 3 is 2.78 bits per heavy atom. The molecular formula is C21H34N4O2. The minimum atomic E-state index is 0.0713. The number of nitrogens with zero attached hydrogens (tertiary/aromatic N) is 2. The van der Waals surface area contributed by atoms with Crippen molar-refractivity contribution in [3.63, 3.8) is 0 Å². The first-order chi connectivity index (χ1) is 13.1. The lowest BCUT2D eigenvalue weighted by Gasteiger charge is -2.28. The van der Waals surface area contributed by atoms with Gasteiger partial charge in [-0.25, -0.2) is 4.99 Å². The molecule has 27 heavy (non-hydrogen) atoms. The molecular weight excluding hydrogens is 340 g/mol. The standard InChI is InChI=1S/C21H34N4O2/c1-4-22-21(23-11-7-13-27-16-17(2)3)24-14-20(26)25-12-10-18-8-5-6-9-19(18)15-25/h5-6,8-9,17H,4,7,10-16H2,1-3H3,(H2,22,23,24). The molecule has 1 aromatic rings. The largest absolute Gasteiger partial charge is 0.381 e. The van der Waals surface area contributed by atoms with Crippen molar-refractivity contribution in [1.29, 1.82) is 0 Å². The Bertz CT molecular complexity index is 616. The molecule has 0 spiro atoms. The predicted molar refractivity (Wildman–Crippen MR) is 110 cm³/mol. The number of rotatable bonds is 9. The summed E-state index contributed by atoms with van der Waals surface area (Å²) in [4.78, 5) is 18.9. The van der Waals surface area contributed by atoms with Gasteiger partial charge in [-0.15, -0.1) is 0 Å². The lowest BCUT2D eigenvalue weighted by Crippen LogP contribution is -2.41. The second-order valence-corrected chi connectivity index (χ2v) is 7.28. The van der Waals surface area contributed by atoms with E-state index in [4.69, 9.17) is 4.74 Å². The average Bonchev–Trinajstić information content (AvgIpc) is 2.67. The fourth-order valence-electron chi connectivity index (χ4n) is 3.00. The van der Waals surface area contributed by atoms with Gasteiger partial charge in [-0.05, 0) is 36.8 Å². The Kier molecular flexibility index (Phi) is 9.11. The molecule has 1 aromatic carbocycles. The molecule has 2 rings (SSSR count). The monoisotopic (exact) mass is 374 g/mol. The van der Waals surface area contributed by atoms with Crippen LogP contribution in [0.2, 0.25) is 0 Å². The van der Waals surface area contributed by atoms with E-state index in [-0.39, 0.29) is 12.5 Å². The summed E-state index contributed by atoms with van der Waals surface area (Å²) in [6.07, 6.45) is 1.83. The number of nitrogens with one attached hydrogen (secondary N) is 2. The highest BCUT2D eigenvalue weighted by Gasteiger charge is 2.19. The van der Waals surface area contributed by atoms with E-state index in [9.17, 15) is 4.79 Å². The first kappa shape index (κ1) is 21.2. The van der Waals surface area contributed by atoms with Crippen LogP contribution in [-0.4, -0.2) is 56.2 Å². The molecule has 0 aliphatic carbocycles. The van der Waals surface area contributed by atoms with E-state index < -0.39 is 0 Å². The minimum absolute atomic E-state index is 0.0713. The molecule has 0 fully saturated rings. The van der Waals surface area contributed by atoms with Crippen molar-refractivity contribution >= 4 is 11.9 Å². The van der Waals surface area contributed by atoms with Gasteiger partial charge in [0.05, 0.1) is 0 Å². The van der Waals surface area contributed by atoms with E-state index in [1.807, 2.05) is 17.9 Å². The molecule has 1 heterocycles. The maximum atomic E-state index is 12.5. The first-order valence-electron chi connectivity index (χ1n) is 10.0. The number of hydrogen-bond donors (Lipinski definition) is 2. The van der Waals surface area contributed by atoms with Crippen LogP contribution in [0.4, 0.5) is 0 Å². The molecule has 0 bridgehead atoms. The van der Waals surface area contributed by atoms with Crippen molar-refractivity contribution in [3.05, 3.63) is 35.4 Å². The molecule has 0 atom stereocenters. The molecule has 1 amide bonds. The van der Waals surface area contributed by atoms with E-state index in [0.717, 1.165) is 45.7 Å². The zero-order valence-corrected chi connectivity index (χ0v) is 17.0. The van der Waals surface area contributed by atoms with Gasteiger partial charge in [-0.3, -0.25) is 4.79 Å². The number of hydrogen-bond acceptors (Lipinski definition) is 3. The molecule has 0 unspecified atom stereocenters. The molecule has 6 nitrogen and oxygen atoms in total. The van der Waals surface area contributed by atoms with Gasteiger partial charge in [0, 0.05) is 39.4 Å². The minimum Gasteiger partial charge on any atom is -0.381 e. The summed E-state index contributed by atoms with van der Waals surface area (Å²) >= 11 is 0. The normalized spacial score (nSPS) is 14.2. The number of carbonyl (C=O) groups excluding carboxylic acids is 1. The lowest BCUT2D eigenvalue weighted by atomic mass is 10.00. The van der Waals surface area contributed by atoms with Gasteiger partial charge >= 0.3 is 0 Å². The molecule has 2 N–H and O–H groups in total. The van der Waals surface area contributed by atoms with Gasteiger partial charge in [-0.1, -0.05) is 38.1 Å². The van der Waals surface area contributed by atoms with Crippen molar-refractivity contribution in [1.82, 2.24) is 15.5 Å². The van der Waals surface area contributed by atoms with Crippen LogP contribution in [0, 0.1) is 5.92 Å². The number of fused-ring (bicyclic) bond motifs is 1. The fourth-order valence-corrected chi connectivity index (χ4v) is 3.00. The quantitative estimate of drug-likeness (QED) is 0.395. The predicted octanol–water partition coefficient (Wildman–Crippen LogP) is 2.19. The van der Waals surface area contributed by atoms with Gasteiger partial charge in [-0.2, -0.15) is 0 Å². The van der Waals surface area contributed by atoms with Crippen LogP contribution >= 0.6 is 0 Å². The zero-order valence-electron chi connectivity index (χ0n) is 17.0. The van der Waals surface area contributed by atoms with Gasteiger partial charge in [0.25, 0.3) is 0 Å². The maximum Gasteiger partial charge on any atom is 0.244 e. The number of carbonyl (C=O) groups is 1. The number of amides is 1. The van der Waals surface area contributed by atoms with Crippen molar-refractivity contribution in [2.75, 3.05) is 39.4 Å². The average molecular weight is 375 g/mol. The van der Waals surface area contributed by atoms with Gasteiger partial charge in [0.15, 0.2) is 5.96 Å². The Morgan fingerprint density at radius 2 is 2.04 bits per heavy atom. The molecule has 0 radical (unpaired) electrons. The number of guanidine groups is 1. The van der Waals surface area contributed by atoms with Crippen LogP contribution in [0.1, 0.15) is 38.3 Å². The van der Waals surface area contributed by atoms with Gasteiger partial charge < -0.3 is 20.3 Å². The molecule has 0 saturated carbocycles. The van der Waals surface area contributed by atoms with E-state index in [1.54, 1.807) is 0 Å². The van der Waals surface area contributed by atoms with E-state index in [0.29, 0.717) is 18.4 Å². The highest BCUT2D eigenvalue weighted by molar-refractivity contribution is 5.85. The Morgan fingerprint density at radius 1 is 1.26 bits per heavy atom. The summed E-state index contributed by atoms with van der Waals surface area (Å²) in [7, 11) is 0. The smallest absolute Gasteiger partial charge is 0.244 e. The number of ether oxygens (including phenoxy) is 1. The third-order valence-electron chi connectivity index (χ3n) is 4.41. The Hall–Kier alpha value is -2.08. The summed E-state index contributed by atoms with van der Waals surface area (Å²) < 4.78 is 5.58. The van der Waals surface area contributed by atoms with Crippen LogP contribution < -0.4 is 10.6 Å². The van der Waals surface area contributed by atoms with Crippen LogP contribution in [0.5, 0.6) is 0 Å². The summed E-state index contributed by atoms with van der Waals surface area (Å²) in [5.74, 6) is 1.32. The van der Waals surface area contributed by atoms with Crippen molar-refractivity contribution in [3.8, 4) is 0 Å². The molecule has 1 aliphatic heterocycles. The fraction of sp³-hybridized carbons (Fsp3) is 0.619.